The molecule has 1 N–H and O–H groups in total. The molecule has 0 spiro atoms. The molecule has 19 nitrogen and oxygen atoms in total. The quantitative estimate of drug-likeness (QED) is 0.128. The Balaban J connectivity index is 1.59. The first-order valence-corrected chi connectivity index (χ1v) is 15.1. The second-order valence-electron chi connectivity index (χ2n) is 11.5. The Labute approximate surface area is 290 Å². The molecule has 0 saturated carbocycles. The molecular formula is C32H35N5O14. The fraction of sp³-hybridized carbons (Fsp3) is 0.375. The molecular weight excluding hydrogens is 678 g/mol. The van der Waals surface area contributed by atoms with Gasteiger partial charge >= 0.3 is 11.9 Å². The Kier molecular flexibility index (Phi) is 11.8. The first kappa shape index (κ1) is 37.6. The summed E-state index contributed by atoms with van der Waals surface area (Å²) < 4.78 is 20.0. The van der Waals surface area contributed by atoms with E-state index in [1.165, 1.54) is 38.2 Å². The number of nitro groups is 2. The van der Waals surface area contributed by atoms with Crippen LogP contribution in [-0.2, 0) is 19.1 Å². The van der Waals surface area contributed by atoms with E-state index in [1.54, 1.807) is 0 Å². The maximum absolute atomic E-state index is 13.6. The van der Waals surface area contributed by atoms with E-state index in [-0.39, 0.29) is 60.1 Å². The van der Waals surface area contributed by atoms with E-state index in [0.29, 0.717) is 24.0 Å². The normalized spacial score (nSPS) is 16.8. The molecule has 0 unspecified atom stereocenters. The van der Waals surface area contributed by atoms with Gasteiger partial charge in [-0.2, -0.15) is 0 Å². The molecule has 2 aliphatic heterocycles. The Morgan fingerprint density at radius 1 is 0.706 bits per heavy atom. The average molecular weight is 714 g/mol. The summed E-state index contributed by atoms with van der Waals surface area (Å²) in [5, 5.41) is 24.2. The van der Waals surface area contributed by atoms with Crippen LogP contribution in [0.4, 0.5) is 11.4 Å². The minimum absolute atomic E-state index is 0.0629. The lowest BCUT2D eigenvalue weighted by molar-refractivity contribution is -0.385. The van der Waals surface area contributed by atoms with Gasteiger partial charge in [-0.25, -0.2) is 0 Å². The lowest BCUT2D eigenvalue weighted by Gasteiger charge is -2.24. The molecule has 2 fully saturated rings. The number of ether oxygens (including phenoxy) is 4. The van der Waals surface area contributed by atoms with Crippen molar-refractivity contribution in [2.24, 2.45) is 0 Å². The number of nitro benzene ring substituents is 2. The monoisotopic (exact) mass is 713 g/mol. The van der Waals surface area contributed by atoms with Crippen molar-refractivity contribution >= 4 is 35.1 Å². The van der Waals surface area contributed by atoms with E-state index in [0.717, 1.165) is 24.3 Å². The van der Waals surface area contributed by atoms with E-state index >= 15 is 0 Å². The van der Waals surface area contributed by atoms with Crippen molar-refractivity contribution in [1.82, 2.24) is 15.4 Å². The van der Waals surface area contributed by atoms with Gasteiger partial charge in [0.1, 0.15) is 11.1 Å². The molecule has 4 rings (SSSR count). The summed E-state index contributed by atoms with van der Waals surface area (Å²) in [7, 11) is 4.84. The second-order valence-corrected chi connectivity index (χ2v) is 11.5. The number of likely N-dealkylation sites (tertiary alicyclic amines) is 2. The van der Waals surface area contributed by atoms with Crippen molar-refractivity contribution < 1.29 is 57.6 Å². The number of benzene rings is 2. The van der Waals surface area contributed by atoms with Crippen molar-refractivity contribution in [2.45, 2.75) is 37.8 Å². The fourth-order valence-corrected chi connectivity index (χ4v) is 5.79. The number of carbonyl (C=O) groups excluding carboxylic acids is 4. The van der Waals surface area contributed by atoms with Gasteiger partial charge in [-0.1, -0.05) is 24.3 Å². The smallest absolute Gasteiger partial charge is 0.307 e. The largest absolute Gasteiger partial charge is 0.493 e. The Morgan fingerprint density at radius 2 is 1.08 bits per heavy atom. The van der Waals surface area contributed by atoms with E-state index in [2.05, 4.69) is 18.8 Å². The highest BCUT2D eigenvalue weighted by atomic mass is 16.9. The van der Waals surface area contributed by atoms with Gasteiger partial charge in [-0.05, 0) is 12.8 Å². The highest BCUT2D eigenvalue weighted by molar-refractivity contribution is 6.00. The third kappa shape index (κ3) is 8.32. The third-order valence-corrected chi connectivity index (χ3v) is 8.22. The average Bonchev–Trinajstić information content (AvgIpc) is 3.66. The topological polar surface area (TPSA) is 228 Å². The summed E-state index contributed by atoms with van der Waals surface area (Å²) in [6.07, 6.45) is 0.314. The SMILES string of the molecule is C=C1C[C@@H](CC(=O)OC)N(C(=O)c2cc(OC)c(ONOc3cc([N+](=O)[O-])c(C(=O)N4CC(=C)C[C@H]4CC(=O)OC)cc3OC)cc2[N+](=O)[O-])C1. The molecule has 2 aromatic rings. The highest BCUT2D eigenvalue weighted by Crippen LogP contribution is 2.39. The van der Waals surface area contributed by atoms with Gasteiger partial charge in [0.05, 0.1) is 63.3 Å². The zero-order chi connectivity index (χ0) is 37.6. The maximum Gasteiger partial charge on any atom is 0.307 e. The number of nitrogens with one attached hydrogen (secondary N) is 1. The first-order valence-electron chi connectivity index (χ1n) is 15.1. The van der Waals surface area contributed by atoms with Crippen LogP contribution in [0.15, 0.2) is 48.6 Å². The maximum atomic E-state index is 13.6. The van der Waals surface area contributed by atoms with Crippen LogP contribution in [0, 0.1) is 20.2 Å². The van der Waals surface area contributed by atoms with Crippen LogP contribution in [-0.4, -0.2) is 97.0 Å². The summed E-state index contributed by atoms with van der Waals surface area (Å²) >= 11 is 0. The molecule has 51 heavy (non-hydrogen) atoms. The Hall–Kier alpha value is -6.24. The third-order valence-electron chi connectivity index (χ3n) is 8.22. The lowest BCUT2D eigenvalue weighted by Crippen LogP contribution is -2.37. The van der Waals surface area contributed by atoms with E-state index in [4.69, 9.17) is 28.6 Å². The molecule has 2 saturated heterocycles. The Bertz CT molecular complexity index is 1670. The Morgan fingerprint density at radius 3 is 1.39 bits per heavy atom. The van der Waals surface area contributed by atoms with Crippen LogP contribution < -0.4 is 24.8 Å². The molecule has 0 radical (unpaired) electrons. The number of methoxy groups -OCH3 is 4. The van der Waals surface area contributed by atoms with Crippen molar-refractivity contribution in [3.63, 3.8) is 0 Å². The van der Waals surface area contributed by atoms with Gasteiger partial charge in [0.25, 0.3) is 23.2 Å². The van der Waals surface area contributed by atoms with Gasteiger partial charge < -0.3 is 38.4 Å². The number of hydrogen-bond donors (Lipinski definition) is 1. The number of rotatable bonds is 14. The number of hydrogen-bond acceptors (Lipinski definition) is 15. The number of amides is 2. The fourth-order valence-electron chi connectivity index (χ4n) is 5.79. The molecule has 2 atom stereocenters. The number of carbonyl (C=O) groups is 4. The van der Waals surface area contributed by atoms with Crippen LogP contribution in [0.2, 0.25) is 0 Å². The molecule has 19 heteroatoms. The van der Waals surface area contributed by atoms with Crippen LogP contribution in [0.25, 0.3) is 0 Å². The summed E-state index contributed by atoms with van der Waals surface area (Å²) in [5.74, 6) is -3.58. The molecule has 272 valence electrons. The minimum atomic E-state index is -0.811. The van der Waals surface area contributed by atoms with Crippen molar-refractivity contribution in [1.29, 1.82) is 0 Å². The van der Waals surface area contributed by atoms with Crippen LogP contribution in [0.3, 0.4) is 0 Å². The van der Waals surface area contributed by atoms with Crippen molar-refractivity contribution in [3.8, 4) is 23.0 Å². The standard InChI is InChI=1S/C32H35N5O14/c1-17-7-19(9-29(38)48-5)34(15-17)31(40)21-11-25(46-3)27(13-23(21)36(42)43)50-33-51-28-14-24(37(44)45)22(12-26(28)47-4)32(41)35-16-18(2)8-20(35)10-30(39)49-6/h11-14,19-20,33H,1-2,7-10,15-16H2,3-6H3/t19-,20-/m0/s1. The van der Waals surface area contributed by atoms with Crippen LogP contribution in [0.1, 0.15) is 46.4 Å². The van der Waals surface area contributed by atoms with Crippen LogP contribution >= 0.6 is 0 Å². The van der Waals surface area contributed by atoms with Crippen molar-refractivity contribution in [3.05, 3.63) is 79.9 Å². The zero-order valence-electron chi connectivity index (χ0n) is 28.1. The van der Waals surface area contributed by atoms with E-state index in [9.17, 15) is 39.4 Å². The zero-order valence-corrected chi connectivity index (χ0v) is 28.1. The molecule has 2 aliphatic rings. The minimum Gasteiger partial charge on any atom is -0.493 e. The summed E-state index contributed by atoms with van der Waals surface area (Å²) in [6.45, 7) is 7.87. The van der Waals surface area contributed by atoms with Gasteiger partial charge in [0, 0.05) is 42.9 Å². The molecule has 0 aromatic heterocycles. The number of nitrogens with zero attached hydrogens (tertiary/aromatic N) is 4. The summed E-state index contributed by atoms with van der Waals surface area (Å²) in [6, 6.07) is 2.70. The molecule has 0 bridgehead atoms. The van der Waals surface area contributed by atoms with Gasteiger partial charge in [-0.15, -0.1) is 0 Å². The van der Waals surface area contributed by atoms with Crippen molar-refractivity contribution in [2.75, 3.05) is 41.5 Å². The van der Waals surface area contributed by atoms with Gasteiger partial charge in [0.2, 0.25) is 0 Å². The summed E-state index contributed by atoms with van der Waals surface area (Å²) in [4.78, 5) is 86.8. The molecule has 2 amide bonds. The summed E-state index contributed by atoms with van der Waals surface area (Å²) in [5.41, 5.74) is 1.30. The lowest BCUT2D eigenvalue weighted by atomic mass is 10.1. The second kappa shape index (κ2) is 16.0. The molecule has 0 aliphatic carbocycles. The highest BCUT2D eigenvalue weighted by Gasteiger charge is 2.38. The predicted octanol–water partition coefficient (Wildman–Crippen LogP) is 3.07. The van der Waals surface area contributed by atoms with Gasteiger partial charge in [0.15, 0.2) is 23.0 Å². The predicted molar refractivity (Wildman–Crippen MR) is 174 cm³/mol. The number of esters is 2. The first-order chi connectivity index (χ1) is 24.2. The van der Waals surface area contributed by atoms with Gasteiger partial charge in [-0.3, -0.25) is 39.4 Å². The van der Waals surface area contributed by atoms with Crippen LogP contribution in [0.5, 0.6) is 23.0 Å². The molecule has 2 aromatic carbocycles. The van der Waals surface area contributed by atoms with E-state index < -0.39 is 57.1 Å². The molecule has 2 heterocycles. The van der Waals surface area contributed by atoms with E-state index in [1.807, 2.05) is 0 Å².